The maximum absolute atomic E-state index is 13.2. The van der Waals surface area contributed by atoms with Crippen molar-refractivity contribution in [3.05, 3.63) is 46.2 Å². The number of aliphatic imine (C=N–C) groups is 1. The van der Waals surface area contributed by atoms with Gasteiger partial charge in [0.05, 0.1) is 25.4 Å². The summed E-state index contributed by atoms with van der Waals surface area (Å²) in [5, 5.41) is 10.3. The first-order chi connectivity index (χ1) is 15.5. The average Bonchev–Trinajstić information content (AvgIpc) is 2.94. The number of rotatable bonds is 7. The summed E-state index contributed by atoms with van der Waals surface area (Å²) in [4.78, 5) is 31.2. The highest BCUT2D eigenvalue weighted by Crippen LogP contribution is 2.28. The Hall–Kier alpha value is -1.91. The molecule has 3 rings (SSSR count). The highest BCUT2D eigenvalue weighted by atomic mass is 35.5. The lowest BCUT2D eigenvalue weighted by Crippen LogP contribution is -3.35. The lowest BCUT2D eigenvalue weighted by atomic mass is 9.93. The molecule has 10 heteroatoms. The lowest BCUT2D eigenvalue weighted by molar-refractivity contribution is -0.885. The van der Waals surface area contributed by atoms with Gasteiger partial charge in [-0.05, 0) is 50.3 Å². The number of hydrogen-bond acceptors (Lipinski definition) is 6. The number of nitrogens with one attached hydrogen (secondary N) is 2. The van der Waals surface area contributed by atoms with Gasteiger partial charge in [0, 0.05) is 17.4 Å². The molecule has 0 bridgehead atoms. The van der Waals surface area contributed by atoms with Gasteiger partial charge >= 0.3 is 11.9 Å². The monoisotopic (exact) mass is 497 g/mol. The van der Waals surface area contributed by atoms with Crippen molar-refractivity contribution in [3.63, 3.8) is 0 Å². The van der Waals surface area contributed by atoms with Crippen molar-refractivity contribution in [1.29, 1.82) is 0 Å². The molecule has 2 aliphatic heterocycles. The van der Waals surface area contributed by atoms with Gasteiger partial charge in [0.25, 0.3) is 5.82 Å². The van der Waals surface area contributed by atoms with E-state index in [1.54, 1.807) is 33.0 Å². The minimum atomic E-state index is -3.66. The van der Waals surface area contributed by atoms with E-state index in [2.05, 4.69) is 4.99 Å². The van der Waals surface area contributed by atoms with Gasteiger partial charge in [-0.25, -0.2) is 13.2 Å². The second kappa shape index (κ2) is 10.6. The van der Waals surface area contributed by atoms with Crippen molar-refractivity contribution in [2.45, 2.75) is 52.1 Å². The summed E-state index contributed by atoms with van der Waals surface area (Å²) >= 11 is 5.99. The minimum absolute atomic E-state index is 0.0434. The van der Waals surface area contributed by atoms with Crippen LogP contribution in [0.25, 0.3) is 0 Å². The smallest absolute Gasteiger partial charge is 0.393 e. The molecule has 2 heterocycles. The number of hydrogen-bond donors (Lipinski definition) is 3. The number of amides is 3. The maximum Gasteiger partial charge on any atom is 0.524 e. The van der Waals surface area contributed by atoms with E-state index < -0.39 is 27.9 Å². The van der Waals surface area contributed by atoms with Crippen molar-refractivity contribution in [1.82, 2.24) is 0 Å². The number of aliphatic hydroxyl groups excluding tert-OH is 1. The number of halogens is 1. The summed E-state index contributed by atoms with van der Waals surface area (Å²) < 4.78 is 26.4. The summed E-state index contributed by atoms with van der Waals surface area (Å²) in [6.45, 7) is 3.59. The summed E-state index contributed by atoms with van der Waals surface area (Å²) in [7, 11) is -2.07. The molecule has 3 N–H and O–H groups in total. The Balaban J connectivity index is 2.02. The van der Waals surface area contributed by atoms with E-state index in [9.17, 15) is 23.1 Å². The molecule has 8 nitrogen and oxygen atoms in total. The first-order valence-corrected chi connectivity index (χ1v) is 13.3. The molecule has 0 fully saturated rings. The third-order valence-corrected chi connectivity index (χ3v) is 8.38. The molecule has 0 spiro atoms. The van der Waals surface area contributed by atoms with Crippen LogP contribution in [0.2, 0.25) is 5.02 Å². The lowest BCUT2D eigenvalue weighted by Gasteiger charge is -2.23. The molecule has 0 saturated carbocycles. The number of quaternary nitrogens is 2. The highest BCUT2D eigenvalue weighted by Gasteiger charge is 2.49. The number of carbonyl (C=O) groups is 2. The molecule has 33 heavy (non-hydrogen) atoms. The van der Waals surface area contributed by atoms with Gasteiger partial charge in [0.1, 0.15) is 10.6 Å². The van der Waals surface area contributed by atoms with Gasteiger partial charge in [-0.3, -0.25) is 0 Å². The zero-order valence-corrected chi connectivity index (χ0v) is 20.8. The van der Waals surface area contributed by atoms with Crippen molar-refractivity contribution in [2.24, 2.45) is 10.9 Å². The molecule has 3 amide bonds. The largest absolute Gasteiger partial charge is 0.524 e. The number of imide groups is 1. The van der Waals surface area contributed by atoms with Crippen molar-refractivity contribution in [2.75, 3.05) is 19.3 Å². The van der Waals surface area contributed by atoms with Crippen LogP contribution in [0.1, 0.15) is 45.1 Å². The van der Waals surface area contributed by atoms with Crippen LogP contribution in [-0.4, -0.2) is 56.0 Å². The zero-order chi connectivity index (χ0) is 24.3. The summed E-state index contributed by atoms with van der Waals surface area (Å²) in [6.07, 6.45) is 1.33. The van der Waals surface area contributed by atoms with E-state index in [4.69, 9.17) is 11.6 Å². The van der Waals surface area contributed by atoms with E-state index in [0.717, 1.165) is 5.56 Å². The van der Waals surface area contributed by atoms with Crippen LogP contribution < -0.4 is 9.80 Å². The van der Waals surface area contributed by atoms with Crippen molar-refractivity contribution in [3.8, 4) is 0 Å². The fourth-order valence-electron chi connectivity index (χ4n) is 4.35. The molecule has 4 atom stereocenters. The molecular weight excluding hydrogens is 466 g/mol. The fraction of sp³-hybridized carbons (Fsp3) is 0.522. The first-order valence-electron chi connectivity index (χ1n) is 11.3. The third-order valence-electron chi connectivity index (χ3n) is 6.12. The second-order valence-corrected chi connectivity index (χ2v) is 11.3. The molecule has 0 radical (unpaired) electrons. The van der Waals surface area contributed by atoms with Crippen molar-refractivity contribution < 1.29 is 32.9 Å². The normalized spacial score (nSPS) is 24.9. The van der Waals surface area contributed by atoms with Gasteiger partial charge < -0.3 is 5.11 Å². The minimum Gasteiger partial charge on any atom is -0.393 e. The van der Waals surface area contributed by atoms with Crippen LogP contribution in [0.15, 0.2) is 40.7 Å². The van der Waals surface area contributed by atoms with Gasteiger partial charge in [0.15, 0.2) is 9.84 Å². The Labute approximate surface area is 199 Å². The highest BCUT2D eigenvalue weighted by molar-refractivity contribution is 8.06. The Bertz CT molecular complexity index is 1080. The average molecular weight is 498 g/mol. The third kappa shape index (κ3) is 5.78. The number of nitrogens with zero attached hydrogens (tertiary/aromatic N) is 1. The summed E-state index contributed by atoms with van der Waals surface area (Å²) in [5.41, 5.74) is 1.33. The SMILES string of the molecule is CCCS(=O)(=O)C1=NC2=C(CCC1Cc1ccc(Cl)cc1)C(=O)[NH+](CCC(C)O)C(=O)[NH+]2C. The Kier molecular flexibility index (Phi) is 8.23. The number of carbonyl (C=O) groups excluding carboxylic acids is 2. The summed E-state index contributed by atoms with van der Waals surface area (Å²) in [6, 6.07) is 6.83. The fourth-order valence-corrected chi connectivity index (χ4v) is 6.16. The Morgan fingerprint density at radius 1 is 1.24 bits per heavy atom. The molecule has 1 aromatic carbocycles. The zero-order valence-electron chi connectivity index (χ0n) is 19.2. The number of urea groups is 1. The van der Waals surface area contributed by atoms with E-state index in [1.165, 1.54) is 0 Å². The Morgan fingerprint density at radius 2 is 1.91 bits per heavy atom. The number of aliphatic hydroxyl groups is 1. The van der Waals surface area contributed by atoms with Crippen LogP contribution in [-0.2, 0) is 21.1 Å². The molecule has 180 valence electrons. The van der Waals surface area contributed by atoms with E-state index in [-0.39, 0.29) is 34.0 Å². The molecule has 0 aromatic heterocycles. The van der Waals surface area contributed by atoms with Crippen LogP contribution in [0.4, 0.5) is 4.79 Å². The van der Waals surface area contributed by atoms with Crippen LogP contribution >= 0.6 is 11.6 Å². The first kappa shape index (κ1) is 25.7. The second-order valence-electron chi connectivity index (χ2n) is 8.81. The molecule has 2 aliphatic rings. The Morgan fingerprint density at radius 3 is 2.52 bits per heavy atom. The van der Waals surface area contributed by atoms with Crippen LogP contribution in [0.3, 0.4) is 0 Å². The van der Waals surface area contributed by atoms with E-state index in [1.807, 2.05) is 12.1 Å². The number of sulfone groups is 1. The van der Waals surface area contributed by atoms with Gasteiger partial charge in [0.2, 0.25) is 0 Å². The van der Waals surface area contributed by atoms with Crippen LogP contribution in [0.5, 0.6) is 0 Å². The standard InChI is InChI=1S/C23H30ClN3O5S/c1-4-13-33(31,32)21-17(14-16-5-8-18(24)9-6-16)7-10-19-20(25-21)26(3)23(30)27(22(19)29)12-11-15(2)28/h5-6,8-9,15,17,28H,4,7,10-14H2,1-3H3/p+2. The molecule has 0 saturated heterocycles. The van der Waals surface area contributed by atoms with Crippen molar-refractivity contribution >= 4 is 38.4 Å². The van der Waals surface area contributed by atoms with Crippen LogP contribution in [0, 0.1) is 5.92 Å². The maximum atomic E-state index is 13.2. The molecular formula is C23H32ClN3O5S+2. The molecule has 4 unspecified atom stereocenters. The summed E-state index contributed by atoms with van der Waals surface area (Å²) in [5.74, 6) is -0.619. The molecule has 1 aromatic rings. The quantitative estimate of drug-likeness (QED) is 0.510. The number of benzene rings is 1. The van der Waals surface area contributed by atoms with E-state index in [0.29, 0.717) is 47.6 Å². The van der Waals surface area contributed by atoms with E-state index >= 15 is 0 Å². The van der Waals surface area contributed by atoms with Gasteiger partial charge in [-0.15, -0.1) is 0 Å². The van der Waals surface area contributed by atoms with Gasteiger partial charge in [-0.1, -0.05) is 30.7 Å². The van der Waals surface area contributed by atoms with Gasteiger partial charge in [-0.2, -0.15) is 19.6 Å². The predicted molar refractivity (Wildman–Crippen MR) is 126 cm³/mol. The molecule has 0 aliphatic carbocycles. The topological polar surface area (TPSA) is 110 Å². The predicted octanol–water partition coefficient (Wildman–Crippen LogP) is 0.558.